The molecule has 2 amide bonds. The van der Waals surface area contributed by atoms with Crippen molar-refractivity contribution in [3.05, 3.63) is 59.1 Å². The van der Waals surface area contributed by atoms with Crippen LogP contribution in [-0.4, -0.2) is 80.1 Å². The number of nitrogens with zero attached hydrogens (tertiary/aromatic N) is 6. The molecule has 186 valence electrons. The van der Waals surface area contributed by atoms with E-state index in [4.69, 9.17) is 21.3 Å². The van der Waals surface area contributed by atoms with Crippen molar-refractivity contribution in [3.8, 4) is 0 Å². The molecular weight excluding hydrogens is 500 g/mol. The van der Waals surface area contributed by atoms with Crippen molar-refractivity contribution < 1.29 is 14.3 Å². The van der Waals surface area contributed by atoms with E-state index in [1.54, 1.807) is 16.7 Å². The maximum Gasteiger partial charge on any atom is 0.409 e. The molecule has 1 fully saturated rings. The lowest BCUT2D eigenvalue weighted by Gasteiger charge is -2.33. The third-order valence-corrected chi connectivity index (χ3v) is 7.12. The number of amides is 2. The number of benzene rings is 2. The van der Waals surface area contributed by atoms with E-state index in [1.165, 1.54) is 11.8 Å². The van der Waals surface area contributed by atoms with Gasteiger partial charge >= 0.3 is 6.09 Å². The predicted octanol–water partition coefficient (Wildman–Crippen LogP) is 4.07. The number of ether oxygens (including phenoxy) is 1. The average molecular weight is 525 g/mol. The van der Waals surface area contributed by atoms with E-state index < -0.39 is 0 Å². The lowest BCUT2D eigenvalue weighted by Crippen LogP contribution is -2.51. The molecule has 0 N–H and O–H groups in total. The molecule has 36 heavy (non-hydrogen) atoms. The molecule has 1 aliphatic rings. The summed E-state index contributed by atoms with van der Waals surface area (Å²) in [6.07, 6.45) is -0.333. The number of thioether (sulfide) groups is 1. The Morgan fingerprint density at radius 2 is 1.81 bits per heavy atom. The van der Waals surface area contributed by atoms with Crippen molar-refractivity contribution in [2.45, 2.75) is 18.6 Å². The maximum absolute atomic E-state index is 12.8. The fourth-order valence-corrected chi connectivity index (χ4v) is 5.20. The summed E-state index contributed by atoms with van der Waals surface area (Å²) >= 11 is 7.47. The van der Waals surface area contributed by atoms with Crippen molar-refractivity contribution in [1.82, 2.24) is 29.5 Å². The molecule has 11 heteroatoms. The van der Waals surface area contributed by atoms with Gasteiger partial charge in [-0.2, -0.15) is 0 Å². The number of carbonyl (C=O) groups excluding carboxylic acids is 2. The zero-order valence-corrected chi connectivity index (χ0v) is 21.3. The SMILES string of the molecule is CCOC(=O)N1CCN(C(=O)CSc2nnc3c4ccccc4n(Cc4cccc(Cl)c4)c3n2)CC1. The summed E-state index contributed by atoms with van der Waals surface area (Å²) in [4.78, 5) is 32.8. The number of carbonyl (C=O) groups is 2. The summed E-state index contributed by atoms with van der Waals surface area (Å²) in [6.45, 7) is 4.57. The van der Waals surface area contributed by atoms with Crippen molar-refractivity contribution in [3.63, 3.8) is 0 Å². The second-order valence-corrected chi connectivity index (χ2v) is 9.73. The van der Waals surface area contributed by atoms with Crippen LogP contribution in [0.4, 0.5) is 4.79 Å². The van der Waals surface area contributed by atoms with Gasteiger partial charge in [-0.3, -0.25) is 4.79 Å². The quantitative estimate of drug-likeness (QED) is 0.351. The number of hydrogen-bond acceptors (Lipinski definition) is 7. The number of rotatable bonds is 6. The van der Waals surface area contributed by atoms with Gasteiger partial charge in [0.15, 0.2) is 5.65 Å². The molecule has 0 saturated carbocycles. The van der Waals surface area contributed by atoms with Crippen LogP contribution in [0.1, 0.15) is 12.5 Å². The van der Waals surface area contributed by atoms with Gasteiger partial charge in [-0.1, -0.05) is 53.7 Å². The van der Waals surface area contributed by atoms with Gasteiger partial charge in [0.25, 0.3) is 0 Å². The number of halogens is 1. The first-order valence-electron chi connectivity index (χ1n) is 11.7. The number of hydrogen-bond donors (Lipinski definition) is 0. The Morgan fingerprint density at radius 1 is 1.03 bits per heavy atom. The molecule has 1 aliphatic heterocycles. The first kappa shape index (κ1) is 24.3. The van der Waals surface area contributed by atoms with E-state index in [1.807, 2.05) is 48.5 Å². The minimum absolute atomic E-state index is 0.0216. The van der Waals surface area contributed by atoms with Gasteiger partial charge in [0.1, 0.15) is 5.52 Å². The Bertz CT molecular complexity index is 1420. The summed E-state index contributed by atoms with van der Waals surface area (Å²) in [5.41, 5.74) is 3.49. The molecule has 0 unspecified atom stereocenters. The fourth-order valence-electron chi connectivity index (χ4n) is 4.30. The molecule has 5 rings (SSSR count). The lowest BCUT2D eigenvalue weighted by atomic mass is 10.2. The Kier molecular flexibility index (Phi) is 7.24. The van der Waals surface area contributed by atoms with Gasteiger partial charge in [-0.25, -0.2) is 9.78 Å². The molecule has 9 nitrogen and oxygen atoms in total. The van der Waals surface area contributed by atoms with E-state index >= 15 is 0 Å². The molecule has 0 spiro atoms. The minimum atomic E-state index is -0.333. The normalized spacial score (nSPS) is 13.9. The molecule has 1 saturated heterocycles. The van der Waals surface area contributed by atoms with Crippen LogP contribution in [0.5, 0.6) is 0 Å². The molecule has 0 aliphatic carbocycles. The monoisotopic (exact) mass is 524 g/mol. The number of para-hydroxylation sites is 1. The highest BCUT2D eigenvalue weighted by molar-refractivity contribution is 7.99. The first-order valence-corrected chi connectivity index (χ1v) is 13.1. The highest BCUT2D eigenvalue weighted by atomic mass is 35.5. The standard InChI is InChI=1S/C25H25ClN6O3S/c1-2-35-25(34)31-12-10-30(11-13-31)21(33)16-36-24-27-23-22(28-29-24)19-8-3-4-9-20(19)32(23)15-17-6-5-7-18(26)14-17/h3-9,14H,2,10-13,15-16H2,1H3. The summed E-state index contributed by atoms with van der Waals surface area (Å²) in [5.74, 6) is 0.174. The van der Waals surface area contributed by atoms with E-state index in [-0.39, 0.29) is 17.8 Å². The van der Waals surface area contributed by atoms with Gasteiger partial charge in [0, 0.05) is 43.1 Å². The van der Waals surface area contributed by atoms with Crippen LogP contribution in [0, 0.1) is 0 Å². The Morgan fingerprint density at radius 3 is 2.58 bits per heavy atom. The predicted molar refractivity (Wildman–Crippen MR) is 139 cm³/mol. The van der Waals surface area contributed by atoms with Crippen molar-refractivity contribution in [2.24, 2.45) is 0 Å². The van der Waals surface area contributed by atoms with E-state index in [9.17, 15) is 9.59 Å². The molecule has 0 bridgehead atoms. The summed E-state index contributed by atoms with van der Waals surface area (Å²) in [7, 11) is 0. The highest BCUT2D eigenvalue weighted by Gasteiger charge is 2.25. The van der Waals surface area contributed by atoms with Crippen molar-refractivity contribution in [2.75, 3.05) is 38.5 Å². The van der Waals surface area contributed by atoms with Crippen LogP contribution in [0.2, 0.25) is 5.02 Å². The van der Waals surface area contributed by atoms with E-state index in [2.05, 4.69) is 14.8 Å². The van der Waals surface area contributed by atoms with Crippen LogP contribution in [0.15, 0.2) is 53.7 Å². The Balaban J connectivity index is 1.32. The second-order valence-electron chi connectivity index (χ2n) is 8.36. The number of aromatic nitrogens is 4. The van der Waals surface area contributed by atoms with Gasteiger partial charge in [-0.15, -0.1) is 10.2 Å². The fraction of sp³-hybridized carbons (Fsp3) is 0.320. The van der Waals surface area contributed by atoms with Crippen LogP contribution in [0.3, 0.4) is 0 Å². The topological polar surface area (TPSA) is 93.5 Å². The zero-order chi connectivity index (χ0) is 25.1. The Labute approximate surface area is 217 Å². The third-order valence-electron chi connectivity index (χ3n) is 6.07. The largest absolute Gasteiger partial charge is 0.450 e. The lowest BCUT2D eigenvalue weighted by molar-refractivity contribution is -0.129. The molecule has 0 atom stereocenters. The molecule has 4 aromatic rings. The second kappa shape index (κ2) is 10.7. The highest BCUT2D eigenvalue weighted by Crippen LogP contribution is 2.28. The molecule has 3 heterocycles. The first-order chi connectivity index (χ1) is 17.5. The van der Waals surface area contributed by atoms with E-state index in [0.717, 1.165) is 22.0 Å². The third kappa shape index (κ3) is 5.10. The van der Waals surface area contributed by atoms with E-state index in [0.29, 0.717) is 55.2 Å². The van der Waals surface area contributed by atoms with Crippen molar-refractivity contribution >= 4 is 57.4 Å². The van der Waals surface area contributed by atoms with Gasteiger partial charge in [-0.05, 0) is 30.7 Å². The Hall–Kier alpha value is -3.37. The molecule has 2 aromatic carbocycles. The summed E-state index contributed by atoms with van der Waals surface area (Å²) in [5, 5.41) is 10.8. The van der Waals surface area contributed by atoms with Gasteiger partial charge in [0.2, 0.25) is 11.1 Å². The molecule has 0 radical (unpaired) electrons. The van der Waals surface area contributed by atoms with Gasteiger partial charge < -0.3 is 19.1 Å². The summed E-state index contributed by atoms with van der Waals surface area (Å²) in [6, 6.07) is 15.7. The van der Waals surface area contributed by atoms with Crippen LogP contribution >= 0.6 is 23.4 Å². The average Bonchev–Trinajstić information content (AvgIpc) is 3.20. The minimum Gasteiger partial charge on any atom is -0.450 e. The number of fused-ring (bicyclic) bond motifs is 3. The van der Waals surface area contributed by atoms with Crippen LogP contribution in [0.25, 0.3) is 22.1 Å². The van der Waals surface area contributed by atoms with Crippen LogP contribution in [-0.2, 0) is 16.1 Å². The molecular formula is C25H25ClN6O3S. The smallest absolute Gasteiger partial charge is 0.409 e. The number of piperazine rings is 1. The van der Waals surface area contributed by atoms with Gasteiger partial charge in [0.05, 0.1) is 17.9 Å². The maximum atomic E-state index is 12.8. The van der Waals surface area contributed by atoms with Crippen molar-refractivity contribution in [1.29, 1.82) is 0 Å². The van der Waals surface area contributed by atoms with Crippen LogP contribution < -0.4 is 0 Å². The summed E-state index contributed by atoms with van der Waals surface area (Å²) < 4.78 is 7.14. The zero-order valence-electron chi connectivity index (χ0n) is 19.8. The molecule has 2 aromatic heterocycles.